The van der Waals surface area contributed by atoms with E-state index in [0.29, 0.717) is 5.52 Å². The molecule has 0 aliphatic rings. The number of nitrogens with one attached hydrogen (secondary N) is 2. The number of amides is 1. The van der Waals surface area contributed by atoms with Crippen LogP contribution in [0, 0.1) is 6.92 Å². The zero-order valence-electron chi connectivity index (χ0n) is 13.0. The number of ether oxygens (including phenoxy) is 1. The molecule has 9 heteroatoms. The molecule has 0 fully saturated rings. The molecule has 0 aliphatic heterocycles. The first-order chi connectivity index (χ1) is 11.8. The van der Waals surface area contributed by atoms with Gasteiger partial charge in [0.2, 0.25) is 0 Å². The third-order valence-corrected chi connectivity index (χ3v) is 3.61. The lowest BCUT2D eigenvalue weighted by molar-refractivity contribution is -0.274. The molecule has 0 saturated heterocycles. The molecular weight excluding hydrogens is 337 g/mol. The number of aromatic amines is 1. The summed E-state index contributed by atoms with van der Waals surface area (Å²) in [4.78, 5) is 12.2. The van der Waals surface area contributed by atoms with E-state index < -0.39 is 12.3 Å². The van der Waals surface area contributed by atoms with Gasteiger partial charge in [-0.3, -0.25) is 9.89 Å². The number of alkyl halides is 3. The molecule has 25 heavy (non-hydrogen) atoms. The molecule has 1 aromatic heterocycles. The van der Waals surface area contributed by atoms with Crippen molar-refractivity contribution in [2.24, 2.45) is 0 Å². The Labute approximate surface area is 140 Å². The number of hydrogen-bond acceptors (Lipinski definition) is 4. The fraction of sp³-hybridized carbons (Fsp3) is 0.188. The second-order valence-corrected chi connectivity index (χ2v) is 5.32. The van der Waals surface area contributed by atoms with Crippen LogP contribution in [0.1, 0.15) is 21.5 Å². The molecule has 0 saturated carbocycles. The van der Waals surface area contributed by atoms with Crippen LogP contribution in [-0.2, 0) is 6.54 Å². The Balaban J connectivity index is 1.70. The summed E-state index contributed by atoms with van der Waals surface area (Å²) in [5, 5.41) is 13.2. The molecule has 3 aromatic rings. The van der Waals surface area contributed by atoms with Crippen LogP contribution < -0.4 is 10.1 Å². The molecule has 3 rings (SSSR count). The Hall–Kier alpha value is -3.10. The summed E-state index contributed by atoms with van der Waals surface area (Å²) in [5.74, 6) is -0.800. The number of halogens is 3. The van der Waals surface area contributed by atoms with E-state index in [0.717, 1.165) is 28.8 Å². The third-order valence-electron chi connectivity index (χ3n) is 3.61. The Kier molecular flexibility index (Phi) is 4.30. The van der Waals surface area contributed by atoms with Crippen LogP contribution in [0.15, 0.2) is 36.4 Å². The van der Waals surface area contributed by atoms with Crippen molar-refractivity contribution >= 4 is 16.9 Å². The van der Waals surface area contributed by atoms with Crippen molar-refractivity contribution in [1.29, 1.82) is 0 Å². The summed E-state index contributed by atoms with van der Waals surface area (Å²) in [6, 6.07) is 8.43. The number of aryl methyl sites for hydroxylation is 1. The van der Waals surface area contributed by atoms with E-state index in [1.807, 2.05) is 19.1 Å². The van der Waals surface area contributed by atoms with Gasteiger partial charge in [0.25, 0.3) is 5.91 Å². The highest BCUT2D eigenvalue weighted by molar-refractivity contribution is 5.94. The Morgan fingerprint density at radius 2 is 1.92 bits per heavy atom. The van der Waals surface area contributed by atoms with E-state index in [1.165, 1.54) is 12.1 Å². The van der Waals surface area contributed by atoms with Crippen LogP contribution in [0.4, 0.5) is 13.2 Å². The highest BCUT2D eigenvalue weighted by atomic mass is 19.4. The monoisotopic (exact) mass is 350 g/mol. The van der Waals surface area contributed by atoms with Gasteiger partial charge in [-0.25, -0.2) is 0 Å². The lowest BCUT2D eigenvalue weighted by Gasteiger charge is -2.10. The minimum absolute atomic E-state index is 0.218. The van der Waals surface area contributed by atoms with Crippen LogP contribution in [0.5, 0.6) is 5.75 Å². The molecular formula is C16H13F3N4O2. The van der Waals surface area contributed by atoms with Gasteiger partial charge in [-0.2, -0.15) is 0 Å². The molecule has 1 heterocycles. The summed E-state index contributed by atoms with van der Waals surface area (Å²) in [6.45, 7) is 2.11. The van der Waals surface area contributed by atoms with Gasteiger partial charge >= 0.3 is 6.36 Å². The van der Waals surface area contributed by atoms with E-state index in [2.05, 4.69) is 25.5 Å². The minimum Gasteiger partial charge on any atom is -0.406 e. The molecule has 0 spiro atoms. The fourth-order valence-corrected chi connectivity index (χ4v) is 2.37. The van der Waals surface area contributed by atoms with Gasteiger partial charge in [0.1, 0.15) is 11.3 Å². The molecule has 1 amide bonds. The highest BCUT2D eigenvalue weighted by Gasteiger charge is 2.31. The molecule has 0 aliphatic carbocycles. The second-order valence-electron chi connectivity index (χ2n) is 5.32. The standard InChI is InChI=1S/C16H13F3N4O2/c1-9-2-7-13-14(22-23-21-13)12(9)8-20-15(24)10-3-5-11(6-4-10)25-16(17,18)19/h2-7H,8H2,1H3,(H,20,24)(H,21,22,23). The van der Waals surface area contributed by atoms with E-state index in [-0.39, 0.29) is 17.9 Å². The SMILES string of the molecule is Cc1ccc2[nH]nnc2c1CNC(=O)c1ccc(OC(F)(F)F)cc1. The molecule has 2 N–H and O–H groups in total. The maximum atomic E-state index is 12.2. The quantitative estimate of drug-likeness (QED) is 0.758. The van der Waals surface area contributed by atoms with Gasteiger partial charge in [-0.15, -0.1) is 18.3 Å². The van der Waals surface area contributed by atoms with Crippen molar-refractivity contribution in [2.45, 2.75) is 19.8 Å². The first-order valence-electron chi connectivity index (χ1n) is 7.27. The number of H-pyrrole nitrogens is 1. The van der Waals surface area contributed by atoms with Gasteiger partial charge in [0.15, 0.2) is 0 Å². The minimum atomic E-state index is -4.77. The Morgan fingerprint density at radius 1 is 1.20 bits per heavy atom. The topological polar surface area (TPSA) is 79.9 Å². The molecule has 0 atom stereocenters. The number of carbonyl (C=O) groups excluding carboxylic acids is 1. The Morgan fingerprint density at radius 3 is 2.60 bits per heavy atom. The van der Waals surface area contributed by atoms with Crippen molar-refractivity contribution in [3.8, 4) is 5.75 Å². The second kappa shape index (κ2) is 6.42. The van der Waals surface area contributed by atoms with Crippen LogP contribution in [0.25, 0.3) is 11.0 Å². The number of hydrogen-bond donors (Lipinski definition) is 2. The number of benzene rings is 2. The number of carbonyl (C=O) groups is 1. The summed E-state index contributed by atoms with van der Waals surface area (Å²) < 4.78 is 40.2. The summed E-state index contributed by atoms with van der Waals surface area (Å²) in [6.07, 6.45) is -4.77. The number of rotatable bonds is 4. The van der Waals surface area contributed by atoms with E-state index in [9.17, 15) is 18.0 Å². The predicted octanol–water partition coefficient (Wildman–Crippen LogP) is 3.09. The average Bonchev–Trinajstić information content (AvgIpc) is 3.01. The summed E-state index contributed by atoms with van der Waals surface area (Å²) in [7, 11) is 0. The van der Waals surface area contributed by atoms with Gasteiger partial charge in [0.05, 0.1) is 5.52 Å². The molecule has 0 bridgehead atoms. The molecule has 6 nitrogen and oxygen atoms in total. The molecule has 0 radical (unpaired) electrons. The lowest BCUT2D eigenvalue weighted by Crippen LogP contribution is -2.23. The lowest BCUT2D eigenvalue weighted by atomic mass is 10.1. The third kappa shape index (κ3) is 3.87. The van der Waals surface area contributed by atoms with Crippen LogP contribution >= 0.6 is 0 Å². The highest BCUT2D eigenvalue weighted by Crippen LogP contribution is 2.23. The van der Waals surface area contributed by atoms with Crippen molar-refractivity contribution in [3.63, 3.8) is 0 Å². The largest absolute Gasteiger partial charge is 0.573 e. The summed E-state index contributed by atoms with van der Waals surface area (Å²) in [5.41, 5.74) is 3.39. The predicted molar refractivity (Wildman–Crippen MR) is 82.9 cm³/mol. The molecule has 2 aromatic carbocycles. The van der Waals surface area contributed by atoms with Crippen LogP contribution in [0.2, 0.25) is 0 Å². The Bertz CT molecular complexity index is 904. The number of aromatic nitrogens is 3. The summed E-state index contributed by atoms with van der Waals surface area (Å²) >= 11 is 0. The van der Waals surface area contributed by atoms with Gasteiger partial charge in [-0.05, 0) is 42.8 Å². The van der Waals surface area contributed by atoms with Gasteiger partial charge < -0.3 is 10.1 Å². The average molecular weight is 350 g/mol. The normalized spacial score (nSPS) is 11.5. The first kappa shape index (κ1) is 16.7. The van der Waals surface area contributed by atoms with E-state index in [1.54, 1.807) is 0 Å². The fourth-order valence-electron chi connectivity index (χ4n) is 2.37. The van der Waals surface area contributed by atoms with Crippen molar-refractivity contribution in [3.05, 3.63) is 53.1 Å². The maximum Gasteiger partial charge on any atom is 0.573 e. The van der Waals surface area contributed by atoms with E-state index in [4.69, 9.17) is 0 Å². The van der Waals surface area contributed by atoms with Gasteiger partial charge in [-0.1, -0.05) is 11.3 Å². The zero-order valence-corrected chi connectivity index (χ0v) is 13.0. The number of nitrogens with zero attached hydrogens (tertiary/aromatic N) is 2. The zero-order chi connectivity index (χ0) is 18.0. The van der Waals surface area contributed by atoms with Crippen molar-refractivity contribution < 1.29 is 22.7 Å². The molecule has 130 valence electrons. The maximum absolute atomic E-state index is 12.2. The smallest absolute Gasteiger partial charge is 0.406 e. The van der Waals surface area contributed by atoms with Crippen molar-refractivity contribution in [2.75, 3.05) is 0 Å². The number of fused-ring (bicyclic) bond motifs is 1. The van der Waals surface area contributed by atoms with Crippen LogP contribution in [0.3, 0.4) is 0 Å². The van der Waals surface area contributed by atoms with E-state index >= 15 is 0 Å². The first-order valence-corrected chi connectivity index (χ1v) is 7.27. The van der Waals surface area contributed by atoms with Gasteiger partial charge in [0, 0.05) is 17.7 Å². The van der Waals surface area contributed by atoms with Crippen molar-refractivity contribution in [1.82, 2.24) is 20.7 Å². The molecule has 0 unspecified atom stereocenters. The van der Waals surface area contributed by atoms with Crippen LogP contribution in [-0.4, -0.2) is 27.7 Å².